The molecule has 33 heavy (non-hydrogen) atoms. The van der Waals surface area contributed by atoms with E-state index < -0.39 is 17.4 Å². The highest BCUT2D eigenvalue weighted by molar-refractivity contribution is 5.99. The third-order valence-corrected chi connectivity index (χ3v) is 6.63. The van der Waals surface area contributed by atoms with Crippen molar-refractivity contribution < 1.29 is 24.5 Å². The number of H-pyrrole nitrogens is 1. The van der Waals surface area contributed by atoms with E-state index in [1.54, 1.807) is 6.20 Å². The van der Waals surface area contributed by atoms with Gasteiger partial charge in [-0.2, -0.15) is 0 Å². The Kier molecular flexibility index (Phi) is 5.24. The molecule has 0 amide bonds. The lowest BCUT2D eigenvalue weighted by atomic mass is 9.66. The number of ether oxygens (including phenoxy) is 1. The number of aromatic nitrogens is 4. The van der Waals surface area contributed by atoms with E-state index in [0.717, 1.165) is 54.3 Å². The molecule has 1 saturated heterocycles. The lowest BCUT2D eigenvalue weighted by Crippen LogP contribution is -2.54. The number of nitrogens with zero attached hydrogens (tertiary/aromatic N) is 4. The number of aromatic amines is 1. The van der Waals surface area contributed by atoms with Gasteiger partial charge in [0, 0.05) is 43.4 Å². The van der Waals surface area contributed by atoms with Gasteiger partial charge >= 0.3 is 11.9 Å². The molecule has 5 rings (SSSR count). The molecule has 10 nitrogen and oxygen atoms in total. The van der Waals surface area contributed by atoms with Crippen molar-refractivity contribution in [3.05, 3.63) is 36.2 Å². The monoisotopic (exact) mass is 451 g/mol. The van der Waals surface area contributed by atoms with Crippen molar-refractivity contribution in [3.63, 3.8) is 0 Å². The maximum atomic E-state index is 11.3. The van der Waals surface area contributed by atoms with Gasteiger partial charge in [-0.3, -0.25) is 9.59 Å². The van der Waals surface area contributed by atoms with E-state index in [9.17, 15) is 19.8 Å². The number of nitrogens with one attached hydrogen (secondary N) is 1. The number of rotatable bonds is 6. The Hall–Kier alpha value is -3.53. The zero-order valence-electron chi connectivity index (χ0n) is 18.2. The number of piperidine rings is 1. The number of carbonyl (C=O) groups is 2. The fourth-order valence-electron chi connectivity index (χ4n) is 4.58. The molecule has 0 radical (unpaired) electrons. The average Bonchev–Trinajstić information content (AvgIpc) is 3.19. The average molecular weight is 451 g/mol. The SMILES string of the molecule is Cc1ccc2[nH]c(-c3ccc(N4CCC(OC5CC(C(=O)O)(C(=O)O)C5)CC4)nc3)nc2n1. The number of carboxylic acids is 2. The second kappa shape index (κ2) is 8.11. The number of aryl methyl sites for hydroxylation is 1. The molecule has 2 aliphatic rings. The number of carboxylic acid groups (broad SMARTS) is 2. The fourth-order valence-corrected chi connectivity index (χ4v) is 4.58. The van der Waals surface area contributed by atoms with E-state index in [0.29, 0.717) is 5.65 Å². The summed E-state index contributed by atoms with van der Waals surface area (Å²) in [6.45, 7) is 3.46. The molecule has 1 aliphatic carbocycles. The minimum Gasteiger partial charge on any atom is -0.480 e. The van der Waals surface area contributed by atoms with Crippen LogP contribution in [0.5, 0.6) is 0 Å². The van der Waals surface area contributed by atoms with Gasteiger partial charge < -0.3 is 24.8 Å². The molecule has 0 unspecified atom stereocenters. The van der Waals surface area contributed by atoms with Crippen molar-refractivity contribution in [2.24, 2.45) is 5.41 Å². The first-order valence-corrected chi connectivity index (χ1v) is 11.0. The smallest absolute Gasteiger partial charge is 0.321 e. The highest BCUT2D eigenvalue weighted by Gasteiger charge is 2.57. The van der Waals surface area contributed by atoms with Crippen LogP contribution in [0.3, 0.4) is 0 Å². The first-order valence-electron chi connectivity index (χ1n) is 11.0. The molecule has 2 fully saturated rings. The van der Waals surface area contributed by atoms with Crippen molar-refractivity contribution in [2.75, 3.05) is 18.0 Å². The molecule has 172 valence electrons. The van der Waals surface area contributed by atoms with E-state index in [1.165, 1.54) is 0 Å². The minimum atomic E-state index is -1.69. The van der Waals surface area contributed by atoms with E-state index in [1.807, 2.05) is 31.2 Å². The van der Waals surface area contributed by atoms with Gasteiger partial charge in [0.15, 0.2) is 11.1 Å². The molecule has 1 aliphatic heterocycles. The first-order chi connectivity index (χ1) is 15.8. The Morgan fingerprint density at radius 3 is 2.42 bits per heavy atom. The predicted molar refractivity (Wildman–Crippen MR) is 119 cm³/mol. The van der Waals surface area contributed by atoms with Gasteiger partial charge in [0.25, 0.3) is 0 Å². The molecular formula is C23H25N5O5. The lowest BCUT2D eigenvalue weighted by Gasteiger charge is -2.43. The normalized spacial score (nSPS) is 18.9. The Morgan fingerprint density at radius 1 is 1.06 bits per heavy atom. The highest BCUT2D eigenvalue weighted by atomic mass is 16.5. The molecule has 1 saturated carbocycles. The van der Waals surface area contributed by atoms with E-state index in [4.69, 9.17) is 4.74 Å². The molecule has 3 aromatic rings. The van der Waals surface area contributed by atoms with Crippen LogP contribution in [-0.4, -0.2) is 67.4 Å². The van der Waals surface area contributed by atoms with Crippen molar-refractivity contribution in [1.82, 2.24) is 19.9 Å². The first kappa shape index (κ1) is 21.3. The van der Waals surface area contributed by atoms with Crippen LogP contribution in [0, 0.1) is 12.3 Å². The molecule has 10 heteroatoms. The maximum Gasteiger partial charge on any atom is 0.321 e. The van der Waals surface area contributed by atoms with Gasteiger partial charge in [-0.25, -0.2) is 15.0 Å². The van der Waals surface area contributed by atoms with Crippen LogP contribution in [0.25, 0.3) is 22.6 Å². The Balaban J connectivity index is 1.16. The standard InChI is InChI=1S/C23H25N5O5/c1-13-2-4-17-20(25-13)27-19(26-17)14-3-5-18(24-12-14)28-8-6-15(7-9-28)33-16-10-23(11-16,21(29)30)22(31)32/h2-5,12,15-16H,6-11H2,1H3,(H,29,30)(H,31,32)(H,25,26,27). The molecule has 4 heterocycles. The summed E-state index contributed by atoms with van der Waals surface area (Å²) in [5.74, 6) is -0.961. The zero-order chi connectivity index (χ0) is 23.2. The second-order valence-electron chi connectivity index (χ2n) is 8.86. The van der Waals surface area contributed by atoms with E-state index in [2.05, 4.69) is 24.8 Å². The van der Waals surface area contributed by atoms with Crippen molar-refractivity contribution in [1.29, 1.82) is 0 Å². The summed E-state index contributed by atoms with van der Waals surface area (Å²) in [6, 6.07) is 7.87. The summed E-state index contributed by atoms with van der Waals surface area (Å²) in [6.07, 6.45) is 3.10. The lowest BCUT2D eigenvalue weighted by molar-refractivity contribution is -0.189. The van der Waals surface area contributed by atoms with Crippen LogP contribution in [0.2, 0.25) is 0 Å². The predicted octanol–water partition coefficient (Wildman–Crippen LogP) is 2.63. The fraction of sp³-hybridized carbons (Fsp3) is 0.435. The van der Waals surface area contributed by atoms with Crippen LogP contribution < -0.4 is 4.90 Å². The number of imidazole rings is 1. The number of pyridine rings is 2. The molecule has 0 spiro atoms. The van der Waals surface area contributed by atoms with Crippen molar-refractivity contribution >= 4 is 28.9 Å². The third-order valence-electron chi connectivity index (χ3n) is 6.63. The number of fused-ring (bicyclic) bond motifs is 1. The van der Waals surface area contributed by atoms with Gasteiger partial charge in [-0.1, -0.05) is 0 Å². The summed E-state index contributed by atoms with van der Waals surface area (Å²) >= 11 is 0. The second-order valence-corrected chi connectivity index (χ2v) is 8.86. The van der Waals surface area contributed by atoms with E-state index >= 15 is 0 Å². The van der Waals surface area contributed by atoms with Gasteiger partial charge in [-0.15, -0.1) is 0 Å². The molecular weight excluding hydrogens is 426 g/mol. The van der Waals surface area contributed by atoms with Crippen LogP contribution in [0.15, 0.2) is 30.5 Å². The summed E-state index contributed by atoms with van der Waals surface area (Å²) in [7, 11) is 0. The highest BCUT2D eigenvalue weighted by Crippen LogP contribution is 2.44. The Labute approximate surface area is 189 Å². The van der Waals surface area contributed by atoms with Gasteiger partial charge in [0.1, 0.15) is 11.6 Å². The van der Waals surface area contributed by atoms with Crippen LogP contribution in [0.4, 0.5) is 5.82 Å². The number of anilines is 1. The molecule has 3 N–H and O–H groups in total. The largest absolute Gasteiger partial charge is 0.480 e. The van der Waals surface area contributed by atoms with Gasteiger partial charge in [0.2, 0.25) is 0 Å². The summed E-state index contributed by atoms with van der Waals surface area (Å²) in [4.78, 5) is 41.7. The summed E-state index contributed by atoms with van der Waals surface area (Å²) < 4.78 is 5.99. The zero-order valence-corrected chi connectivity index (χ0v) is 18.2. The molecule has 3 aromatic heterocycles. The topological polar surface area (TPSA) is 142 Å². The molecule has 0 aromatic carbocycles. The number of aliphatic carboxylic acids is 2. The summed E-state index contributed by atoms with van der Waals surface area (Å²) in [5.41, 5.74) is 1.69. The van der Waals surface area contributed by atoms with Crippen molar-refractivity contribution in [2.45, 2.75) is 44.8 Å². The quantitative estimate of drug-likeness (QED) is 0.482. The number of hydrogen-bond donors (Lipinski definition) is 3. The van der Waals surface area contributed by atoms with Gasteiger partial charge in [0.05, 0.1) is 17.7 Å². The van der Waals surface area contributed by atoms with Gasteiger partial charge in [-0.05, 0) is 44.0 Å². The van der Waals surface area contributed by atoms with Crippen LogP contribution >= 0.6 is 0 Å². The van der Waals surface area contributed by atoms with Crippen LogP contribution in [-0.2, 0) is 14.3 Å². The third kappa shape index (κ3) is 3.91. The Morgan fingerprint density at radius 2 is 1.79 bits per heavy atom. The minimum absolute atomic E-state index is 0.00221. The molecule has 0 bridgehead atoms. The number of hydrogen-bond acceptors (Lipinski definition) is 7. The Bertz CT molecular complexity index is 1180. The van der Waals surface area contributed by atoms with E-state index in [-0.39, 0.29) is 25.0 Å². The molecule has 0 atom stereocenters. The summed E-state index contributed by atoms with van der Waals surface area (Å²) in [5, 5.41) is 18.4. The van der Waals surface area contributed by atoms with Crippen LogP contribution in [0.1, 0.15) is 31.4 Å². The van der Waals surface area contributed by atoms with Crippen molar-refractivity contribution in [3.8, 4) is 11.4 Å². The maximum absolute atomic E-state index is 11.3.